The average Bonchev–Trinajstić information content (AvgIpc) is 3.11. The van der Waals surface area contributed by atoms with Gasteiger partial charge < -0.3 is 24.8 Å². The van der Waals surface area contributed by atoms with Crippen LogP contribution in [0.5, 0.6) is 17.2 Å². The monoisotopic (exact) mass is 410 g/mol. The van der Waals surface area contributed by atoms with Crippen LogP contribution < -0.4 is 4.74 Å². The number of hydrogen-bond acceptors (Lipinski definition) is 7. The van der Waals surface area contributed by atoms with E-state index in [0.29, 0.717) is 5.57 Å². The molecule has 4 atom stereocenters. The van der Waals surface area contributed by atoms with Gasteiger partial charge in [-0.2, -0.15) is 0 Å². The van der Waals surface area contributed by atoms with Crippen molar-refractivity contribution in [1.29, 1.82) is 0 Å². The summed E-state index contributed by atoms with van der Waals surface area (Å²) >= 11 is 0. The Morgan fingerprint density at radius 1 is 1.03 bits per heavy atom. The Kier molecular flexibility index (Phi) is 5.22. The van der Waals surface area contributed by atoms with E-state index in [-0.39, 0.29) is 46.1 Å². The highest BCUT2D eigenvalue weighted by Gasteiger charge is 2.45. The van der Waals surface area contributed by atoms with E-state index in [2.05, 4.69) is 0 Å². The van der Waals surface area contributed by atoms with E-state index >= 15 is 0 Å². The van der Waals surface area contributed by atoms with Gasteiger partial charge in [0.25, 0.3) is 0 Å². The fourth-order valence-corrected chi connectivity index (χ4v) is 4.33. The van der Waals surface area contributed by atoms with E-state index in [1.165, 1.54) is 36.6 Å². The molecule has 1 saturated carbocycles. The number of aliphatic hydroxyl groups excluding tert-OH is 1. The minimum Gasteiger partial charge on any atom is -0.507 e. The zero-order valence-corrected chi connectivity index (χ0v) is 16.3. The number of aromatic hydroxyl groups is 2. The van der Waals surface area contributed by atoms with Crippen molar-refractivity contribution < 1.29 is 34.4 Å². The van der Waals surface area contributed by atoms with E-state index in [9.17, 15) is 24.9 Å². The van der Waals surface area contributed by atoms with Crippen molar-refractivity contribution in [2.24, 2.45) is 17.8 Å². The zero-order valence-electron chi connectivity index (χ0n) is 16.3. The number of aliphatic hydroxyl groups is 1. The standard InChI is InChI=1S/C23H22O7/c1-12-6-8-14-17(11-29-23(28)20(12)14)22(27)30-13-7-9-16(19(25)10-13)21(26)15-4-2-3-5-18(15)24/h2-5,7,9-12,14,20,23-25,28H,6,8H2,1H3. The largest absolute Gasteiger partial charge is 0.507 e. The maximum Gasteiger partial charge on any atom is 0.342 e. The van der Waals surface area contributed by atoms with Crippen molar-refractivity contribution >= 4 is 11.8 Å². The van der Waals surface area contributed by atoms with Crippen LogP contribution in [-0.4, -0.2) is 33.4 Å². The number of phenols is 2. The minimum atomic E-state index is -0.937. The molecular formula is C23H22O7. The molecule has 0 aromatic heterocycles. The highest BCUT2D eigenvalue weighted by Crippen LogP contribution is 2.46. The molecule has 0 radical (unpaired) electrons. The van der Waals surface area contributed by atoms with Crippen molar-refractivity contribution in [3.8, 4) is 17.2 Å². The van der Waals surface area contributed by atoms with Crippen LogP contribution in [-0.2, 0) is 9.53 Å². The SMILES string of the molecule is CC1CCC2C(C(=O)Oc3ccc(C(=O)c4ccccc4O)c(O)c3)=COC(O)C12. The summed E-state index contributed by atoms with van der Waals surface area (Å²) in [5.41, 5.74) is 0.384. The summed E-state index contributed by atoms with van der Waals surface area (Å²) in [5, 5.41) is 30.2. The number of rotatable bonds is 4. The van der Waals surface area contributed by atoms with Gasteiger partial charge >= 0.3 is 5.97 Å². The number of esters is 1. The Morgan fingerprint density at radius 2 is 1.77 bits per heavy atom. The molecule has 7 nitrogen and oxygen atoms in total. The summed E-state index contributed by atoms with van der Waals surface area (Å²) in [6, 6.07) is 9.95. The lowest BCUT2D eigenvalue weighted by Gasteiger charge is -2.32. The first kappa shape index (κ1) is 20.0. The highest BCUT2D eigenvalue weighted by atomic mass is 16.6. The molecule has 0 amide bonds. The van der Waals surface area contributed by atoms with Gasteiger partial charge in [-0.05, 0) is 43.0 Å². The van der Waals surface area contributed by atoms with Gasteiger partial charge in [0.05, 0.1) is 23.0 Å². The van der Waals surface area contributed by atoms with E-state index < -0.39 is 18.0 Å². The van der Waals surface area contributed by atoms with Gasteiger partial charge in [0.2, 0.25) is 0 Å². The Morgan fingerprint density at radius 3 is 2.50 bits per heavy atom. The molecular weight excluding hydrogens is 388 g/mol. The second-order valence-electron chi connectivity index (χ2n) is 7.75. The predicted molar refractivity (Wildman–Crippen MR) is 106 cm³/mol. The number of carbonyl (C=O) groups excluding carboxylic acids is 2. The number of para-hydroxylation sites is 1. The molecule has 1 aliphatic heterocycles. The van der Waals surface area contributed by atoms with Crippen LogP contribution in [0.4, 0.5) is 0 Å². The van der Waals surface area contributed by atoms with Crippen LogP contribution in [0, 0.1) is 17.8 Å². The van der Waals surface area contributed by atoms with Gasteiger partial charge in [-0.25, -0.2) is 4.79 Å². The van der Waals surface area contributed by atoms with E-state index in [0.717, 1.165) is 12.8 Å². The van der Waals surface area contributed by atoms with Crippen molar-refractivity contribution in [3.63, 3.8) is 0 Å². The van der Waals surface area contributed by atoms with Gasteiger partial charge in [-0.1, -0.05) is 19.1 Å². The second-order valence-corrected chi connectivity index (χ2v) is 7.75. The van der Waals surface area contributed by atoms with E-state index in [4.69, 9.17) is 9.47 Å². The molecule has 2 aliphatic rings. The van der Waals surface area contributed by atoms with Crippen molar-refractivity contribution in [2.45, 2.75) is 26.1 Å². The third-order valence-electron chi connectivity index (χ3n) is 5.93. The number of hydrogen-bond donors (Lipinski definition) is 3. The lowest BCUT2D eigenvalue weighted by molar-refractivity contribution is -0.139. The summed E-state index contributed by atoms with van der Waals surface area (Å²) < 4.78 is 10.6. The van der Waals surface area contributed by atoms with Gasteiger partial charge in [-0.15, -0.1) is 0 Å². The molecule has 156 valence electrons. The highest BCUT2D eigenvalue weighted by molar-refractivity contribution is 6.12. The summed E-state index contributed by atoms with van der Waals surface area (Å²) in [6.45, 7) is 2.02. The van der Waals surface area contributed by atoms with Crippen molar-refractivity contribution in [1.82, 2.24) is 0 Å². The Balaban J connectivity index is 1.52. The summed E-state index contributed by atoms with van der Waals surface area (Å²) in [7, 11) is 0. The van der Waals surface area contributed by atoms with Crippen LogP contribution >= 0.6 is 0 Å². The number of ketones is 1. The number of benzene rings is 2. The summed E-state index contributed by atoms with van der Waals surface area (Å²) in [6.07, 6.45) is 1.95. The van der Waals surface area contributed by atoms with Crippen LogP contribution in [0.15, 0.2) is 54.3 Å². The smallest absolute Gasteiger partial charge is 0.342 e. The minimum absolute atomic E-state index is 0.0238. The quantitative estimate of drug-likeness (QED) is 0.403. The average molecular weight is 410 g/mol. The molecule has 4 unspecified atom stereocenters. The number of ether oxygens (including phenoxy) is 2. The van der Waals surface area contributed by atoms with Crippen LogP contribution in [0.1, 0.15) is 35.7 Å². The van der Waals surface area contributed by atoms with E-state index in [1.807, 2.05) is 6.92 Å². The maximum absolute atomic E-state index is 12.7. The number of phenolic OH excluding ortho intramolecular Hbond substituents is 2. The molecule has 3 N–H and O–H groups in total. The first-order valence-electron chi connectivity index (χ1n) is 9.78. The lowest BCUT2D eigenvalue weighted by Crippen LogP contribution is -2.36. The zero-order chi connectivity index (χ0) is 21.4. The molecule has 1 heterocycles. The Bertz CT molecular complexity index is 1030. The normalized spacial score (nSPS) is 25.1. The molecule has 4 rings (SSSR count). The van der Waals surface area contributed by atoms with Gasteiger partial charge in [-0.3, -0.25) is 4.79 Å². The molecule has 2 aromatic carbocycles. The molecule has 1 aliphatic carbocycles. The molecule has 30 heavy (non-hydrogen) atoms. The number of fused-ring (bicyclic) bond motifs is 1. The van der Waals surface area contributed by atoms with Crippen LogP contribution in [0.3, 0.4) is 0 Å². The number of carbonyl (C=O) groups is 2. The van der Waals surface area contributed by atoms with Crippen molar-refractivity contribution in [2.75, 3.05) is 0 Å². The van der Waals surface area contributed by atoms with Gasteiger partial charge in [0, 0.05) is 17.9 Å². The first-order chi connectivity index (χ1) is 14.4. The fraction of sp³-hybridized carbons (Fsp3) is 0.304. The van der Waals surface area contributed by atoms with Crippen molar-refractivity contribution in [3.05, 3.63) is 65.4 Å². The fourth-order valence-electron chi connectivity index (χ4n) is 4.33. The predicted octanol–water partition coefficient (Wildman–Crippen LogP) is 3.13. The van der Waals surface area contributed by atoms with Gasteiger partial charge in [0.15, 0.2) is 12.1 Å². The second kappa shape index (κ2) is 7.84. The molecule has 1 fully saturated rings. The first-order valence-corrected chi connectivity index (χ1v) is 9.78. The third-order valence-corrected chi connectivity index (χ3v) is 5.93. The lowest BCUT2D eigenvalue weighted by atomic mass is 9.83. The summed E-state index contributed by atoms with van der Waals surface area (Å²) in [5.74, 6) is -1.74. The van der Waals surface area contributed by atoms with Gasteiger partial charge in [0.1, 0.15) is 17.2 Å². The Labute approximate surface area is 173 Å². The molecule has 0 spiro atoms. The molecule has 0 saturated heterocycles. The third kappa shape index (κ3) is 3.52. The van der Waals surface area contributed by atoms with Crippen LogP contribution in [0.25, 0.3) is 0 Å². The van der Waals surface area contributed by atoms with Crippen LogP contribution in [0.2, 0.25) is 0 Å². The molecule has 0 bridgehead atoms. The topological polar surface area (TPSA) is 113 Å². The van der Waals surface area contributed by atoms with E-state index in [1.54, 1.807) is 12.1 Å². The Hall–Kier alpha value is -3.32. The molecule has 7 heteroatoms. The molecule has 2 aromatic rings. The summed E-state index contributed by atoms with van der Waals surface area (Å²) in [4.78, 5) is 25.3. The maximum atomic E-state index is 12.7.